The van der Waals surface area contributed by atoms with E-state index in [1.165, 1.54) is 23.9 Å². The van der Waals surface area contributed by atoms with Crippen LogP contribution in [0.25, 0.3) is 11.0 Å². The molecular weight excluding hydrogens is 198 g/mol. The van der Waals surface area contributed by atoms with Crippen LogP contribution in [0.4, 0.5) is 0 Å². The first-order valence-corrected chi connectivity index (χ1v) is 5.95. The maximum absolute atomic E-state index is 5.83. The van der Waals surface area contributed by atoms with Crippen LogP contribution < -0.4 is 5.73 Å². The van der Waals surface area contributed by atoms with Crippen molar-refractivity contribution in [3.63, 3.8) is 0 Å². The highest BCUT2D eigenvalue weighted by atomic mass is 15.1. The molecule has 1 aliphatic carbocycles. The van der Waals surface area contributed by atoms with E-state index in [-0.39, 0.29) is 6.04 Å². The van der Waals surface area contributed by atoms with Gasteiger partial charge in [0, 0.05) is 12.1 Å². The van der Waals surface area contributed by atoms with Gasteiger partial charge in [-0.2, -0.15) is 0 Å². The van der Waals surface area contributed by atoms with Crippen molar-refractivity contribution in [1.29, 1.82) is 0 Å². The van der Waals surface area contributed by atoms with E-state index in [9.17, 15) is 0 Å². The molecular formula is C13H17N3. The van der Waals surface area contributed by atoms with Gasteiger partial charge in [0.05, 0.1) is 17.4 Å². The molecule has 84 valence electrons. The Balaban J connectivity index is 2.03. The lowest BCUT2D eigenvalue weighted by Crippen LogP contribution is -2.17. The van der Waals surface area contributed by atoms with E-state index in [2.05, 4.69) is 27.8 Å². The molecule has 0 amide bonds. The molecule has 16 heavy (non-hydrogen) atoms. The molecule has 1 saturated carbocycles. The largest absolute Gasteiger partial charge is 0.328 e. The third kappa shape index (κ3) is 1.71. The van der Waals surface area contributed by atoms with Crippen molar-refractivity contribution in [1.82, 2.24) is 9.55 Å². The second-order valence-electron chi connectivity index (χ2n) is 4.89. The van der Waals surface area contributed by atoms with Crippen LogP contribution in [0.5, 0.6) is 0 Å². The van der Waals surface area contributed by atoms with Crippen molar-refractivity contribution in [2.75, 3.05) is 0 Å². The Morgan fingerprint density at radius 3 is 3.00 bits per heavy atom. The fourth-order valence-electron chi connectivity index (χ4n) is 2.21. The summed E-state index contributed by atoms with van der Waals surface area (Å²) in [6.45, 7) is 2.04. The van der Waals surface area contributed by atoms with Gasteiger partial charge in [0.2, 0.25) is 0 Å². The van der Waals surface area contributed by atoms with E-state index in [1.807, 2.05) is 13.3 Å². The van der Waals surface area contributed by atoms with Crippen LogP contribution in [0.1, 0.15) is 31.4 Å². The van der Waals surface area contributed by atoms with Crippen LogP contribution in [-0.2, 0) is 6.42 Å². The molecule has 3 rings (SSSR count). The zero-order chi connectivity index (χ0) is 11.1. The SMILES string of the molecule is CC(N)Cc1ccc2ncn(C3CC3)c2c1. The van der Waals surface area contributed by atoms with Crippen LogP contribution >= 0.6 is 0 Å². The molecule has 1 aliphatic rings. The Bertz CT molecular complexity index is 509. The van der Waals surface area contributed by atoms with E-state index in [0.29, 0.717) is 6.04 Å². The first-order chi connectivity index (χ1) is 7.74. The summed E-state index contributed by atoms with van der Waals surface area (Å²) in [6, 6.07) is 7.39. The smallest absolute Gasteiger partial charge is 0.0960 e. The quantitative estimate of drug-likeness (QED) is 0.853. The zero-order valence-corrected chi connectivity index (χ0v) is 9.56. The summed E-state index contributed by atoms with van der Waals surface area (Å²) in [4.78, 5) is 4.43. The van der Waals surface area contributed by atoms with Crippen LogP contribution in [-0.4, -0.2) is 15.6 Å². The highest BCUT2D eigenvalue weighted by Crippen LogP contribution is 2.37. The number of benzene rings is 1. The third-order valence-corrected chi connectivity index (χ3v) is 3.14. The molecule has 1 aromatic carbocycles. The molecule has 0 spiro atoms. The summed E-state index contributed by atoms with van der Waals surface area (Å²) in [7, 11) is 0. The van der Waals surface area contributed by atoms with Gasteiger partial charge in [-0.05, 0) is 43.9 Å². The molecule has 0 radical (unpaired) electrons. The van der Waals surface area contributed by atoms with E-state index < -0.39 is 0 Å². The highest BCUT2D eigenvalue weighted by Gasteiger charge is 2.24. The molecule has 2 aromatic rings. The number of rotatable bonds is 3. The molecule has 1 aromatic heterocycles. The van der Waals surface area contributed by atoms with E-state index in [4.69, 9.17) is 5.73 Å². The van der Waals surface area contributed by atoms with E-state index in [1.54, 1.807) is 0 Å². The molecule has 0 saturated heterocycles. The first kappa shape index (κ1) is 9.85. The lowest BCUT2D eigenvalue weighted by Gasteiger charge is -2.06. The summed E-state index contributed by atoms with van der Waals surface area (Å²) in [6.07, 6.45) is 5.50. The number of hydrogen-bond donors (Lipinski definition) is 1. The number of nitrogens with zero attached hydrogens (tertiary/aromatic N) is 2. The predicted octanol–water partition coefficient (Wildman–Crippen LogP) is 2.26. The van der Waals surface area contributed by atoms with Crippen LogP contribution in [0, 0.1) is 0 Å². The van der Waals surface area contributed by atoms with Gasteiger partial charge in [-0.25, -0.2) is 4.98 Å². The second kappa shape index (κ2) is 3.59. The van der Waals surface area contributed by atoms with E-state index in [0.717, 1.165) is 11.9 Å². The van der Waals surface area contributed by atoms with Crippen molar-refractivity contribution in [3.05, 3.63) is 30.1 Å². The lowest BCUT2D eigenvalue weighted by molar-refractivity contribution is 0.736. The van der Waals surface area contributed by atoms with Crippen molar-refractivity contribution in [2.24, 2.45) is 5.73 Å². The maximum Gasteiger partial charge on any atom is 0.0960 e. The zero-order valence-electron chi connectivity index (χ0n) is 9.56. The normalized spacial score (nSPS) is 17.9. The minimum atomic E-state index is 0.217. The monoisotopic (exact) mass is 215 g/mol. The Morgan fingerprint density at radius 2 is 2.31 bits per heavy atom. The van der Waals surface area contributed by atoms with Crippen LogP contribution in [0.3, 0.4) is 0 Å². The fraction of sp³-hybridized carbons (Fsp3) is 0.462. The van der Waals surface area contributed by atoms with Gasteiger partial charge in [-0.15, -0.1) is 0 Å². The van der Waals surface area contributed by atoms with Gasteiger partial charge < -0.3 is 10.3 Å². The Hall–Kier alpha value is -1.35. The summed E-state index contributed by atoms with van der Waals surface area (Å²) in [5, 5.41) is 0. The Labute approximate surface area is 95.3 Å². The van der Waals surface area contributed by atoms with Crippen molar-refractivity contribution in [2.45, 2.75) is 38.3 Å². The minimum Gasteiger partial charge on any atom is -0.328 e. The Kier molecular flexibility index (Phi) is 2.21. The fourth-order valence-corrected chi connectivity index (χ4v) is 2.21. The molecule has 1 fully saturated rings. The number of fused-ring (bicyclic) bond motifs is 1. The number of hydrogen-bond acceptors (Lipinski definition) is 2. The third-order valence-electron chi connectivity index (χ3n) is 3.14. The molecule has 0 aliphatic heterocycles. The predicted molar refractivity (Wildman–Crippen MR) is 65.4 cm³/mol. The average molecular weight is 215 g/mol. The van der Waals surface area contributed by atoms with Crippen molar-refractivity contribution >= 4 is 11.0 Å². The summed E-state index contributed by atoms with van der Waals surface area (Å²) < 4.78 is 2.31. The van der Waals surface area contributed by atoms with Gasteiger partial charge in [0.1, 0.15) is 0 Å². The molecule has 2 N–H and O–H groups in total. The Morgan fingerprint density at radius 1 is 1.50 bits per heavy atom. The second-order valence-corrected chi connectivity index (χ2v) is 4.89. The standard InChI is InChI=1S/C13H17N3/c1-9(14)6-10-2-5-12-13(7-10)16(8-15-12)11-3-4-11/h2,5,7-9,11H,3-4,6,14H2,1H3. The van der Waals surface area contributed by atoms with Gasteiger partial charge in [0.15, 0.2) is 0 Å². The summed E-state index contributed by atoms with van der Waals surface area (Å²) in [5.41, 5.74) is 9.50. The van der Waals surface area contributed by atoms with Gasteiger partial charge >= 0.3 is 0 Å². The molecule has 3 nitrogen and oxygen atoms in total. The summed E-state index contributed by atoms with van der Waals surface area (Å²) in [5.74, 6) is 0. The minimum absolute atomic E-state index is 0.217. The first-order valence-electron chi connectivity index (χ1n) is 5.95. The van der Waals surface area contributed by atoms with Crippen molar-refractivity contribution in [3.8, 4) is 0 Å². The summed E-state index contributed by atoms with van der Waals surface area (Å²) >= 11 is 0. The average Bonchev–Trinajstić information content (AvgIpc) is 2.98. The molecule has 1 heterocycles. The molecule has 1 unspecified atom stereocenters. The topological polar surface area (TPSA) is 43.8 Å². The maximum atomic E-state index is 5.83. The van der Waals surface area contributed by atoms with Crippen LogP contribution in [0.2, 0.25) is 0 Å². The molecule has 1 atom stereocenters. The lowest BCUT2D eigenvalue weighted by atomic mass is 10.1. The molecule has 3 heteroatoms. The van der Waals surface area contributed by atoms with Gasteiger partial charge in [-0.3, -0.25) is 0 Å². The number of imidazole rings is 1. The van der Waals surface area contributed by atoms with Gasteiger partial charge in [0.25, 0.3) is 0 Å². The number of aromatic nitrogens is 2. The number of nitrogens with two attached hydrogens (primary N) is 1. The molecule has 0 bridgehead atoms. The van der Waals surface area contributed by atoms with Gasteiger partial charge in [-0.1, -0.05) is 6.07 Å². The van der Waals surface area contributed by atoms with E-state index >= 15 is 0 Å². The van der Waals surface area contributed by atoms with Crippen molar-refractivity contribution < 1.29 is 0 Å². The van der Waals surface area contributed by atoms with Crippen LogP contribution in [0.15, 0.2) is 24.5 Å². The highest BCUT2D eigenvalue weighted by molar-refractivity contribution is 5.76.